The summed E-state index contributed by atoms with van der Waals surface area (Å²) in [6.07, 6.45) is 3.88. The Morgan fingerprint density at radius 2 is 1.76 bits per heavy atom. The van der Waals surface area contributed by atoms with Crippen LogP contribution in [0.1, 0.15) is 78.2 Å². The molecule has 0 unspecified atom stereocenters. The molecule has 3 aromatic carbocycles. The predicted molar refractivity (Wildman–Crippen MR) is 135 cm³/mol. The third-order valence-electron chi connectivity index (χ3n) is 7.20. The lowest BCUT2D eigenvalue weighted by Crippen LogP contribution is -2.30. The van der Waals surface area contributed by atoms with E-state index in [0.29, 0.717) is 30.0 Å². The summed E-state index contributed by atoms with van der Waals surface area (Å²) in [7, 11) is 0. The SMILES string of the molecule is CCCCCc1cc2c(c(O)c1C(=O)N1Cc3ccccc3C1)-c1cc(C)ccc1C(C)(C)O2. The number of unbranched alkanes of at least 4 members (excludes halogenated alkanes) is 2. The van der Waals surface area contributed by atoms with Gasteiger partial charge in [-0.15, -0.1) is 0 Å². The summed E-state index contributed by atoms with van der Waals surface area (Å²) in [6.45, 7) is 9.46. The van der Waals surface area contributed by atoms with Crippen LogP contribution < -0.4 is 4.74 Å². The third kappa shape index (κ3) is 3.75. The first-order chi connectivity index (χ1) is 16.3. The van der Waals surface area contributed by atoms with E-state index in [1.165, 1.54) is 11.1 Å². The average molecular weight is 456 g/mol. The van der Waals surface area contributed by atoms with Crippen LogP contribution in [-0.4, -0.2) is 15.9 Å². The van der Waals surface area contributed by atoms with Crippen molar-refractivity contribution >= 4 is 5.91 Å². The summed E-state index contributed by atoms with van der Waals surface area (Å²) in [5.41, 5.74) is 6.84. The fraction of sp³-hybridized carbons (Fsp3) is 0.367. The number of fused-ring (bicyclic) bond motifs is 4. The minimum absolute atomic E-state index is 0.0484. The highest BCUT2D eigenvalue weighted by Crippen LogP contribution is 2.51. The Balaban J connectivity index is 1.64. The smallest absolute Gasteiger partial charge is 0.258 e. The van der Waals surface area contributed by atoms with E-state index in [4.69, 9.17) is 4.74 Å². The van der Waals surface area contributed by atoms with Crippen molar-refractivity contribution in [2.24, 2.45) is 0 Å². The molecule has 0 aromatic heterocycles. The maximum atomic E-state index is 13.9. The summed E-state index contributed by atoms with van der Waals surface area (Å²) in [5, 5.41) is 11.7. The van der Waals surface area contributed by atoms with Gasteiger partial charge in [-0.3, -0.25) is 4.79 Å². The van der Waals surface area contributed by atoms with Gasteiger partial charge in [0.1, 0.15) is 17.1 Å². The van der Waals surface area contributed by atoms with E-state index >= 15 is 0 Å². The highest BCUT2D eigenvalue weighted by Gasteiger charge is 2.37. The van der Waals surface area contributed by atoms with Crippen LogP contribution in [0.2, 0.25) is 0 Å². The monoisotopic (exact) mass is 455 g/mol. The Morgan fingerprint density at radius 1 is 1.06 bits per heavy atom. The molecular formula is C30H33NO3. The van der Waals surface area contributed by atoms with Gasteiger partial charge >= 0.3 is 0 Å². The summed E-state index contributed by atoms with van der Waals surface area (Å²) < 4.78 is 6.44. The minimum Gasteiger partial charge on any atom is -0.506 e. The van der Waals surface area contributed by atoms with Gasteiger partial charge in [0, 0.05) is 18.7 Å². The van der Waals surface area contributed by atoms with Gasteiger partial charge in [-0.25, -0.2) is 0 Å². The van der Waals surface area contributed by atoms with E-state index in [0.717, 1.165) is 47.9 Å². The first-order valence-electron chi connectivity index (χ1n) is 12.4. The van der Waals surface area contributed by atoms with Crippen molar-refractivity contribution in [1.82, 2.24) is 4.90 Å². The molecule has 2 aliphatic heterocycles. The fourth-order valence-corrected chi connectivity index (χ4v) is 5.39. The summed E-state index contributed by atoms with van der Waals surface area (Å²) >= 11 is 0. The van der Waals surface area contributed by atoms with E-state index in [-0.39, 0.29) is 11.7 Å². The number of nitrogens with zero attached hydrogens (tertiary/aromatic N) is 1. The standard InChI is InChI=1S/C30H33NO3/c1-5-6-7-10-20-16-25-27(23-15-19(2)13-14-24(23)30(3,4)34-25)28(32)26(20)29(33)31-17-21-11-8-9-12-22(21)18-31/h8-9,11-16,32H,5-7,10,17-18H2,1-4H3. The van der Waals surface area contributed by atoms with Crippen molar-refractivity contribution < 1.29 is 14.6 Å². The molecule has 176 valence electrons. The van der Waals surface area contributed by atoms with Gasteiger partial charge in [-0.2, -0.15) is 0 Å². The Kier molecular flexibility index (Phi) is 5.63. The number of carbonyl (C=O) groups excluding carboxylic acids is 1. The van der Waals surface area contributed by atoms with Crippen LogP contribution in [0.15, 0.2) is 48.5 Å². The van der Waals surface area contributed by atoms with Gasteiger partial charge in [0.05, 0.1) is 11.1 Å². The molecule has 1 N–H and O–H groups in total. The number of benzene rings is 3. The average Bonchev–Trinajstić information content (AvgIpc) is 3.22. The Labute approximate surface area is 202 Å². The highest BCUT2D eigenvalue weighted by molar-refractivity contribution is 6.02. The fourth-order valence-electron chi connectivity index (χ4n) is 5.39. The number of hydrogen-bond donors (Lipinski definition) is 1. The van der Waals surface area contributed by atoms with Crippen LogP contribution in [0.3, 0.4) is 0 Å². The number of hydrogen-bond acceptors (Lipinski definition) is 3. The first kappa shape index (κ1) is 22.5. The predicted octanol–water partition coefficient (Wildman–Crippen LogP) is 6.88. The van der Waals surface area contributed by atoms with Gasteiger partial charge in [-0.05, 0) is 61.9 Å². The molecule has 0 radical (unpaired) electrons. The van der Waals surface area contributed by atoms with Crippen LogP contribution >= 0.6 is 0 Å². The number of phenols is 1. The number of ether oxygens (including phenoxy) is 1. The van der Waals surface area contributed by atoms with Gasteiger partial charge < -0.3 is 14.7 Å². The first-order valence-corrected chi connectivity index (χ1v) is 12.4. The normalized spacial score (nSPS) is 15.4. The second kappa shape index (κ2) is 8.50. The van der Waals surface area contributed by atoms with Crippen molar-refractivity contribution in [3.8, 4) is 22.6 Å². The molecule has 4 nitrogen and oxygen atoms in total. The van der Waals surface area contributed by atoms with Crippen molar-refractivity contribution in [3.05, 3.63) is 81.9 Å². The molecular weight excluding hydrogens is 422 g/mol. The molecule has 1 amide bonds. The molecule has 2 aliphatic rings. The zero-order chi connectivity index (χ0) is 24.0. The molecule has 0 fully saturated rings. The maximum Gasteiger partial charge on any atom is 0.258 e. The third-order valence-corrected chi connectivity index (χ3v) is 7.20. The van der Waals surface area contributed by atoms with Crippen LogP contribution in [0.5, 0.6) is 11.5 Å². The molecule has 0 aliphatic carbocycles. The molecule has 0 bridgehead atoms. The summed E-state index contributed by atoms with van der Waals surface area (Å²) in [4.78, 5) is 15.8. The van der Waals surface area contributed by atoms with Crippen LogP contribution in [0.25, 0.3) is 11.1 Å². The zero-order valence-electron chi connectivity index (χ0n) is 20.6. The van der Waals surface area contributed by atoms with Gasteiger partial charge in [0.2, 0.25) is 0 Å². The number of phenolic OH excluding ortho intramolecular Hbond substituents is 1. The second-order valence-electron chi connectivity index (χ2n) is 10.2. The quantitative estimate of drug-likeness (QED) is 0.427. The van der Waals surface area contributed by atoms with Crippen molar-refractivity contribution in [1.29, 1.82) is 0 Å². The van der Waals surface area contributed by atoms with E-state index in [1.807, 2.05) is 30.0 Å². The lowest BCUT2D eigenvalue weighted by atomic mass is 9.83. The number of rotatable bonds is 5. The van der Waals surface area contributed by atoms with E-state index < -0.39 is 5.60 Å². The van der Waals surface area contributed by atoms with E-state index in [2.05, 4.69) is 51.1 Å². The molecule has 0 atom stereocenters. The summed E-state index contributed by atoms with van der Waals surface area (Å²) in [5.74, 6) is 0.600. The van der Waals surface area contributed by atoms with Crippen molar-refractivity contribution in [2.75, 3.05) is 0 Å². The zero-order valence-corrected chi connectivity index (χ0v) is 20.6. The molecule has 34 heavy (non-hydrogen) atoms. The van der Waals surface area contributed by atoms with E-state index in [9.17, 15) is 9.90 Å². The maximum absolute atomic E-state index is 13.9. The highest BCUT2D eigenvalue weighted by atomic mass is 16.5. The van der Waals surface area contributed by atoms with E-state index in [1.54, 1.807) is 0 Å². The van der Waals surface area contributed by atoms with Crippen molar-refractivity contribution in [2.45, 2.75) is 72.1 Å². The van der Waals surface area contributed by atoms with Crippen LogP contribution in [0.4, 0.5) is 0 Å². The minimum atomic E-state index is -0.523. The summed E-state index contributed by atoms with van der Waals surface area (Å²) in [6, 6.07) is 16.4. The van der Waals surface area contributed by atoms with Crippen LogP contribution in [0, 0.1) is 6.92 Å². The lowest BCUT2D eigenvalue weighted by Gasteiger charge is -2.36. The Bertz CT molecular complexity index is 1250. The Morgan fingerprint density at radius 3 is 2.44 bits per heavy atom. The van der Waals surface area contributed by atoms with Gasteiger partial charge in [0.25, 0.3) is 5.91 Å². The molecule has 0 saturated heterocycles. The lowest BCUT2D eigenvalue weighted by molar-refractivity contribution is 0.0746. The molecule has 5 rings (SSSR count). The molecule has 4 heteroatoms. The second-order valence-corrected chi connectivity index (χ2v) is 10.2. The Hall–Kier alpha value is -3.27. The number of carbonyl (C=O) groups is 1. The van der Waals surface area contributed by atoms with Gasteiger partial charge in [0.15, 0.2) is 0 Å². The molecule has 3 aromatic rings. The topological polar surface area (TPSA) is 49.8 Å². The van der Waals surface area contributed by atoms with Gasteiger partial charge in [-0.1, -0.05) is 67.8 Å². The largest absolute Gasteiger partial charge is 0.506 e. The number of amides is 1. The molecule has 0 spiro atoms. The number of aromatic hydroxyl groups is 1. The molecule has 0 saturated carbocycles. The van der Waals surface area contributed by atoms with Crippen molar-refractivity contribution in [3.63, 3.8) is 0 Å². The van der Waals surface area contributed by atoms with Crippen LogP contribution in [-0.2, 0) is 25.1 Å². The number of aryl methyl sites for hydroxylation is 2. The molecule has 2 heterocycles.